The smallest absolute Gasteiger partial charge is 0.243 e. The van der Waals surface area contributed by atoms with Gasteiger partial charge >= 0.3 is 0 Å². The molecule has 0 bridgehead atoms. The number of benzene rings is 1. The number of rotatable bonds is 3. The van der Waals surface area contributed by atoms with Crippen LogP contribution in [0.4, 0.5) is 8.78 Å². The van der Waals surface area contributed by atoms with E-state index in [1.54, 1.807) is 20.8 Å². The van der Waals surface area contributed by atoms with Gasteiger partial charge in [-0.05, 0) is 33.8 Å². The van der Waals surface area contributed by atoms with Crippen LogP contribution in [0.15, 0.2) is 17.0 Å². The van der Waals surface area contributed by atoms with Gasteiger partial charge in [0.15, 0.2) is 5.78 Å². The third kappa shape index (κ3) is 3.81. The Balaban J connectivity index is 3.43. The van der Waals surface area contributed by atoms with E-state index in [0.717, 1.165) is 6.92 Å². The van der Waals surface area contributed by atoms with Crippen LogP contribution in [0.5, 0.6) is 0 Å². The Morgan fingerprint density at radius 2 is 1.68 bits per heavy atom. The predicted molar refractivity (Wildman–Crippen MR) is 66.4 cm³/mol. The van der Waals surface area contributed by atoms with Crippen molar-refractivity contribution in [2.45, 2.75) is 38.1 Å². The molecule has 0 amide bonds. The monoisotopic (exact) mass is 291 g/mol. The average molecular weight is 291 g/mol. The van der Waals surface area contributed by atoms with E-state index >= 15 is 0 Å². The topological polar surface area (TPSA) is 63.2 Å². The number of sulfonamides is 1. The first-order valence-corrected chi connectivity index (χ1v) is 6.96. The third-order valence-electron chi connectivity index (χ3n) is 2.13. The summed E-state index contributed by atoms with van der Waals surface area (Å²) in [6, 6.07) is 1.11. The van der Waals surface area contributed by atoms with E-state index in [2.05, 4.69) is 4.72 Å². The Labute approximate surface area is 110 Å². The zero-order valence-corrected chi connectivity index (χ0v) is 11.9. The molecular formula is C12H15F2NO3S. The minimum absolute atomic E-state index is 0.397. The van der Waals surface area contributed by atoms with Gasteiger partial charge in [-0.2, -0.15) is 0 Å². The van der Waals surface area contributed by atoms with Crippen LogP contribution < -0.4 is 4.72 Å². The van der Waals surface area contributed by atoms with Crippen LogP contribution in [0.2, 0.25) is 0 Å². The first kappa shape index (κ1) is 15.7. The van der Waals surface area contributed by atoms with Crippen LogP contribution >= 0.6 is 0 Å². The van der Waals surface area contributed by atoms with E-state index in [-0.39, 0.29) is 0 Å². The Morgan fingerprint density at radius 1 is 1.16 bits per heavy atom. The molecular weight excluding hydrogens is 276 g/mol. The van der Waals surface area contributed by atoms with Crippen molar-refractivity contribution in [3.63, 3.8) is 0 Å². The molecule has 19 heavy (non-hydrogen) atoms. The molecule has 0 aliphatic heterocycles. The number of ketones is 1. The molecule has 7 heteroatoms. The summed E-state index contributed by atoms with van der Waals surface area (Å²) < 4.78 is 53.1. The van der Waals surface area contributed by atoms with Crippen molar-refractivity contribution in [3.8, 4) is 0 Å². The quantitative estimate of drug-likeness (QED) is 0.869. The molecule has 0 aliphatic carbocycles. The number of carbonyl (C=O) groups excluding carboxylic acids is 1. The summed E-state index contributed by atoms with van der Waals surface area (Å²) in [4.78, 5) is 10.4. The molecule has 0 spiro atoms. The lowest BCUT2D eigenvalue weighted by molar-refractivity contribution is 0.101. The maximum Gasteiger partial charge on any atom is 0.243 e. The van der Waals surface area contributed by atoms with Gasteiger partial charge in [0.05, 0.1) is 5.56 Å². The highest BCUT2D eigenvalue weighted by molar-refractivity contribution is 7.89. The summed E-state index contributed by atoms with van der Waals surface area (Å²) in [5, 5.41) is 0. The van der Waals surface area contributed by atoms with Crippen molar-refractivity contribution in [2.24, 2.45) is 0 Å². The summed E-state index contributed by atoms with van der Waals surface area (Å²) in [6.45, 7) is 5.82. The average Bonchev–Trinajstić information content (AvgIpc) is 2.11. The van der Waals surface area contributed by atoms with Gasteiger partial charge in [0.1, 0.15) is 16.5 Å². The normalized spacial score (nSPS) is 12.5. The lowest BCUT2D eigenvalue weighted by atomic mass is 10.1. The van der Waals surface area contributed by atoms with Gasteiger partial charge in [-0.25, -0.2) is 21.9 Å². The van der Waals surface area contributed by atoms with Crippen LogP contribution in [0, 0.1) is 11.6 Å². The first-order chi connectivity index (χ1) is 8.44. The van der Waals surface area contributed by atoms with Gasteiger partial charge in [-0.3, -0.25) is 4.79 Å². The number of carbonyl (C=O) groups is 1. The van der Waals surface area contributed by atoms with Crippen LogP contribution in [-0.2, 0) is 10.0 Å². The highest BCUT2D eigenvalue weighted by atomic mass is 32.2. The van der Waals surface area contributed by atoms with E-state index in [0.29, 0.717) is 12.1 Å². The SMILES string of the molecule is CC(=O)c1cc(S(=O)(=O)NC(C)(C)C)c(F)cc1F. The zero-order valence-electron chi connectivity index (χ0n) is 11.0. The summed E-state index contributed by atoms with van der Waals surface area (Å²) in [5.41, 5.74) is -1.29. The van der Waals surface area contributed by atoms with Crippen LogP contribution in [-0.4, -0.2) is 19.7 Å². The second-order valence-electron chi connectivity index (χ2n) is 5.17. The van der Waals surface area contributed by atoms with Crippen molar-refractivity contribution < 1.29 is 22.0 Å². The van der Waals surface area contributed by atoms with Crippen LogP contribution in [0.25, 0.3) is 0 Å². The summed E-state index contributed by atoms with van der Waals surface area (Å²) >= 11 is 0. The van der Waals surface area contributed by atoms with Crippen molar-refractivity contribution in [1.29, 1.82) is 0 Å². The highest BCUT2D eigenvalue weighted by Gasteiger charge is 2.27. The molecule has 0 saturated carbocycles. The van der Waals surface area contributed by atoms with E-state index < -0.39 is 43.4 Å². The number of halogens is 2. The second kappa shape index (κ2) is 4.97. The lowest BCUT2D eigenvalue weighted by Crippen LogP contribution is -2.40. The van der Waals surface area contributed by atoms with E-state index in [1.165, 1.54) is 0 Å². The fraction of sp³-hybridized carbons (Fsp3) is 0.417. The van der Waals surface area contributed by atoms with Gasteiger partial charge in [-0.1, -0.05) is 0 Å². The molecule has 0 aromatic heterocycles. The second-order valence-corrected chi connectivity index (χ2v) is 6.82. The van der Waals surface area contributed by atoms with Crippen molar-refractivity contribution >= 4 is 15.8 Å². The predicted octanol–water partition coefficient (Wildman–Crippen LogP) is 2.24. The molecule has 0 atom stereocenters. The summed E-state index contributed by atoms with van der Waals surface area (Å²) in [7, 11) is -4.17. The first-order valence-electron chi connectivity index (χ1n) is 5.48. The molecule has 0 unspecified atom stereocenters. The summed E-state index contributed by atoms with van der Waals surface area (Å²) in [6.07, 6.45) is 0. The maximum absolute atomic E-state index is 13.6. The molecule has 1 aromatic rings. The Morgan fingerprint density at radius 3 is 2.11 bits per heavy atom. The standard InChI is InChI=1S/C12H15F2NO3S/c1-7(16)8-5-11(10(14)6-9(8)13)19(17,18)15-12(2,3)4/h5-6,15H,1-4H3. The molecule has 1 aromatic carbocycles. The number of hydrogen-bond donors (Lipinski definition) is 1. The maximum atomic E-state index is 13.6. The van der Waals surface area contributed by atoms with Gasteiger partial charge in [0.2, 0.25) is 10.0 Å². The molecule has 4 nitrogen and oxygen atoms in total. The number of hydrogen-bond acceptors (Lipinski definition) is 3. The fourth-order valence-electron chi connectivity index (χ4n) is 1.46. The van der Waals surface area contributed by atoms with Gasteiger partial charge in [-0.15, -0.1) is 0 Å². The highest BCUT2D eigenvalue weighted by Crippen LogP contribution is 2.21. The van der Waals surface area contributed by atoms with E-state index in [4.69, 9.17) is 0 Å². The van der Waals surface area contributed by atoms with Crippen molar-refractivity contribution in [2.75, 3.05) is 0 Å². The minimum atomic E-state index is -4.17. The number of Topliss-reactive ketones (excluding diaryl/α,β-unsaturated/α-hetero) is 1. The van der Waals surface area contributed by atoms with Crippen LogP contribution in [0.3, 0.4) is 0 Å². The van der Waals surface area contributed by atoms with Crippen molar-refractivity contribution in [3.05, 3.63) is 29.3 Å². The van der Waals surface area contributed by atoms with Crippen molar-refractivity contribution in [1.82, 2.24) is 4.72 Å². The molecule has 0 saturated heterocycles. The molecule has 0 radical (unpaired) electrons. The number of nitrogens with one attached hydrogen (secondary N) is 1. The van der Waals surface area contributed by atoms with E-state index in [9.17, 15) is 22.0 Å². The van der Waals surface area contributed by atoms with Crippen LogP contribution in [0.1, 0.15) is 38.1 Å². The molecule has 0 heterocycles. The lowest BCUT2D eigenvalue weighted by Gasteiger charge is -2.20. The van der Waals surface area contributed by atoms with Gasteiger partial charge in [0, 0.05) is 11.6 Å². The van der Waals surface area contributed by atoms with Gasteiger partial charge < -0.3 is 0 Å². The Hall–Kier alpha value is -1.34. The zero-order chi connectivity index (χ0) is 15.0. The Kier molecular flexibility index (Phi) is 4.11. The third-order valence-corrected chi connectivity index (χ3v) is 3.90. The van der Waals surface area contributed by atoms with E-state index in [1.807, 2.05) is 0 Å². The fourth-order valence-corrected chi connectivity index (χ4v) is 2.97. The molecule has 106 valence electrons. The molecule has 1 rings (SSSR count). The molecule has 0 aliphatic rings. The Bertz CT molecular complexity index is 619. The van der Waals surface area contributed by atoms with Gasteiger partial charge in [0.25, 0.3) is 0 Å². The molecule has 0 fully saturated rings. The largest absolute Gasteiger partial charge is 0.294 e. The summed E-state index contributed by atoms with van der Waals surface area (Å²) in [5.74, 6) is -3.00. The minimum Gasteiger partial charge on any atom is -0.294 e. The molecule has 1 N–H and O–H groups in total.